The van der Waals surface area contributed by atoms with Crippen LogP contribution in [-0.4, -0.2) is 18.7 Å². The number of hydrogen-bond donors (Lipinski definition) is 1. The Labute approximate surface area is 120 Å². The lowest BCUT2D eigenvalue weighted by molar-refractivity contribution is -0.155. The number of esters is 1. The number of ether oxygens (including phenoxy) is 1. The molecule has 0 amide bonds. The summed E-state index contributed by atoms with van der Waals surface area (Å²) in [6.45, 7) is 2.30. The lowest BCUT2D eigenvalue weighted by Gasteiger charge is -2.26. The van der Waals surface area contributed by atoms with Crippen LogP contribution >= 0.6 is 0 Å². The SMILES string of the molecule is CCOC(=O)C12CCCC1ONC2=CC1CCCCC1. The second-order valence-corrected chi connectivity index (χ2v) is 6.27. The maximum absolute atomic E-state index is 12.5. The van der Waals surface area contributed by atoms with Crippen molar-refractivity contribution >= 4 is 5.97 Å². The number of fused-ring (bicyclic) bond motifs is 1. The van der Waals surface area contributed by atoms with Gasteiger partial charge in [-0.25, -0.2) is 0 Å². The van der Waals surface area contributed by atoms with Gasteiger partial charge in [0.15, 0.2) is 0 Å². The lowest BCUT2D eigenvalue weighted by atomic mass is 9.78. The van der Waals surface area contributed by atoms with Crippen LogP contribution in [0.5, 0.6) is 0 Å². The van der Waals surface area contributed by atoms with E-state index in [1.165, 1.54) is 32.1 Å². The maximum Gasteiger partial charge on any atom is 0.320 e. The molecule has 1 saturated heterocycles. The first-order chi connectivity index (χ1) is 9.77. The van der Waals surface area contributed by atoms with Crippen molar-refractivity contribution < 1.29 is 14.4 Å². The van der Waals surface area contributed by atoms with E-state index in [2.05, 4.69) is 11.6 Å². The van der Waals surface area contributed by atoms with E-state index in [1.54, 1.807) is 0 Å². The molecule has 1 aliphatic heterocycles. The van der Waals surface area contributed by atoms with Crippen molar-refractivity contribution in [2.45, 2.75) is 64.4 Å². The van der Waals surface area contributed by atoms with Crippen molar-refractivity contribution in [3.63, 3.8) is 0 Å². The van der Waals surface area contributed by atoms with E-state index in [0.717, 1.165) is 25.0 Å². The Hall–Kier alpha value is -1.03. The molecule has 0 radical (unpaired) electrons. The number of nitrogens with one attached hydrogen (secondary N) is 1. The Balaban J connectivity index is 1.85. The molecular formula is C16H25NO3. The number of carbonyl (C=O) groups excluding carboxylic acids is 1. The van der Waals surface area contributed by atoms with E-state index in [1.807, 2.05) is 6.92 Å². The molecule has 0 spiro atoms. The second kappa shape index (κ2) is 5.76. The highest BCUT2D eigenvalue weighted by atomic mass is 16.7. The minimum absolute atomic E-state index is 0.0450. The first kappa shape index (κ1) is 13.9. The smallest absolute Gasteiger partial charge is 0.320 e. The van der Waals surface area contributed by atoms with Gasteiger partial charge in [0.2, 0.25) is 0 Å². The summed E-state index contributed by atoms with van der Waals surface area (Å²) in [5.41, 5.74) is 3.48. The summed E-state index contributed by atoms with van der Waals surface area (Å²) in [5, 5.41) is 0. The van der Waals surface area contributed by atoms with Crippen LogP contribution in [0.1, 0.15) is 58.3 Å². The molecule has 20 heavy (non-hydrogen) atoms. The van der Waals surface area contributed by atoms with Crippen LogP contribution in [0, 0.1) is 11.3 Å². The van der Waals surface area contributed by atoms with Crippen LogP contribution in [0.3, 0.4) is 0 Å². The lowest BCUT2D eigenvalue weighted by Crippen LogP contribution is -2.38. The number of hydrogen-bond acceptors (Lipinski definition) is 4. The Morgan fingerprint density at radius 3 is 2.90 bits per heavy atom. The van der Waals surface area contributed by atoms with E-state index >= 15 is 0 Å². The third kappa shape index (κ3) is 2.24. The minimum Gasteiger partial charge on any atom is -0.465 e. The first-order valence-electron chi connectivity index (χ1n) is 8.08. The number of rotatable bonds is 3. The molecule has 2 saturated carbocycles. The fourth-order valence-electron chi connectivity index (χ4n) is 3.99. The predicted molar refractivity (Wildman–Crippen MR) is 75.6 cm³/mol. The minimum atomic E-state index is -0.548. The zero-order valence-electron chi connectivity index (χ0n) is 12.3. The van der Waals surface area contributed by atoms with Crippen molar-refractivity contribution in [3.05, 3.63) is 11.8 Å². The van der Waals surface area contributed by atoms with Crippen LogP contribution in [0.4, 0.5) is 0 Å². The van der Waals surface area contributed by atoms with E-state index < -0.39 is 5.41 Å². The summed E-state index contributed by atoms with van der Waals surface area (Å²) in [7, 11) is 0. The van der Waals surface area contributed by atoms with Crippen molar-refractivity contribution in [2.24, 2.45) is 11.3 Å². The summed E-state index contributed by atoms with van der Waals surface area (Å²) >= 11 is 0. The van der Waals surface area contributed by atoms with Crippen LogP contribution in [0.25, 0.3) is 0 Å². The van der Waals surface area contributed by atoms with Gasteiger partial charge in [-0.15, -0.1) is 0 Å². The van der Waals surface area contributed by atoms with Gasteiger partial charge in [0.1, 0.15) is 11.5 Å². The first-order valence-corrected chi connectivity index (χ1v) is 8.08. The molecule has 4 heteroatoms. The summed E-state index contributed by atoms with van der Waals surface area (Å²) in [6, 6.07) is 0. The van der Waals surface area contributed by atoms with Crippen molar-refractivity contribution in [3.8, 4) is 0 Å². The van der Waals surface area contributed by atoms with Gasteiger partial charge in [-0.2, -0.15) is 0 Å². The standard InChI is InChI=1S/C16H25NO3/c1-2-19-15(18)16-10-6-9-14(16)20-17-13(16)11-12-7-4-3-5-8-12/h11-12,14,17H,2-10H2,1H3. The summed E-state index contributed by atoms with van der Waals surface area (Å²) < 4.78 is 5.35. The summed E-state index contributed by atoms with van der Waals surface area (Å²) in [6.07, 6.45) is 11.4. The predicted octanol–water partition coefficient (Wildman–Crippen LogP) is 3.09. The molecule has 4 nitrogen and oxygen atoms in total. The van der Waals surface area contributed by atoms with Crippen molar-refractivity contribution in [1.29, 1.82) is 0 Å². The Morgan fingerprint density at radius 2 is 2.15 bits per heavy atom. The summed E-state index contributed by atoms with van der Waals surface area (Å²) in [5.74, 6) is 0.482. The van der Waals surface area contributed by atoms with Gasteiger partial charge in [0.25, 0.3) is 0 Å². The Morgan fingerprint density at radius 1 is 1.35 bits per heavy atom. The van der Waals surface area contributed by atoms with Crippen LogP contribution in [0.2, 0.25) is 0 Å². The highest BCUT2D eigenvalue weighted by Gasteiger charge is 2.58. The zero-order valence-corrected chi connectivity index (χ0v) is 12.3. The molecule has 1 heterocycles. The monoisotopic (exact) mass is 279 g/mol. The van der Waals surface area contributed by atoms with E-state index in [-0.39, 0.29) is 12.1 Å². The molecule has 3 aliphatic rings. The highest BCUT2D eigenvalue weighted by Crippen LogP contribution is 2.50. The number of allylic oxidation sites excluding steroid dienone is 1. The Kier molecular flexibility index (Phi) is 4.01. The van der Waals surface area contributed by atoms with Crippen LogP contribution in [-0.2, 0) is 14.4 Å². The normalized spacial score (nSPS) is 35.9. The van der Waals surface area contributed by atoms with E-state index in [0.29, 0.717) is 12.5 Å². The quantitative estimate of drug-likeness (QED) is 0.806. The molecule has 0 aromatic carbocycles. The number of hydroxylamine groups is 1. The largest absolute Gasteiger partial charge is 0.465 e. The third-order valence-corrected chi connectivity index (χ3v) is 5.07. The Bertz CT molecular complexity index is 401. The van der Waals surface area contributed by atoms with Crippen molar-refractivity contribution in [1.82, 2.24) is 5.48 Å². The topological polar surface area (TPSA) is 47.6 Å². The molecular weight excluding hydrogens is 254 g/mol. The number of carbonyl (C=O) groups is 1. The van der Waals surface area contributed by atoms with E-state index in [4.69, 9.17) is 9.57 Å². The molecule has 0 aromatic rings. The van der Waals surface area contributed by atoms with Gasteiger partial charge in [-0.3, -0.25) is 15.1 Å². The van der Waals surface area contributed by atoms with Crippen molar-refractivity contribution in [2.75, 3.05) is 6.61 Å². The average molecular weight is 279 g/mol. The second-order valence-electron chi connectivity index (χ2n) is 6.27. The molecule has 112 valence electrons. The fourth-order valence-corrected chi connectivity index (χ4v) is 3.99. The van der Waals surface area contributed by atoms with Gasteiger partial charge in [-0.05, 0) is 44.9 Å². The van der Waals surface area contributed by atoms with Crippen LogP contribution in [0.15, 0.2) is 11.8 Å². The van der Waals surface area contributed by atoms with Gasteiger partial charge in [0.05, 0.1) is 12.3 Å². The molecule has 2 aliphatic carbocycles. The fraction of sp³-hybridized carbons (Fsp3) is 0.812. The third-order valence-electron chi connectivity index (χ3n) is 5.07. The summed E-state index contributed by atoms with van der Waals surface area (Å²) in [4.78, 5) is 18.2. The molecule has 3 rings (SSSR count). The maximum atomic E-state index is 12.5. The molecule has 0 bridgehead atoms. The molecule has 0 aromatic heterocycles. The molecule has 1 N–H and O–H groups in total. The van der Waals surface area contributed by atoms with E-state index in [9.17, 15) is 4.79 Å². The van der Waals surface area contributed by atoms with Gasteiger partial charge >= 0.3 is 5.97 Å². The van der Waals surface area contributed by atoms with Gasteiger partial charge in [0, 0.05) is 0 Å². The molecule has 2 unspecified atom stereocenters. The van der Waals surface area contributed by atoms with Gasteiger partial charge < -0.3 is 4.74 Å². The molecule has 2 atom stereocenters. The zero-order chi connectivity index (χ0) is 14.0. The van der Waals surface area contributed by atoms with Gasteiger partial charge in [-0.1, -0.05) is 25.3 Å². The highest BCUT2D eigenvalue weighted by molar-refractivity contribution is 5.82. The van der Waals surface area contributed by atoms with Crippen LogP contribution < -0.4 is 5.48 Å². The molecule has 3 fully saturated rings. The average Bonchev–Trinajstić information content (AvgIpc) is 3.02.